The lowest BCUT2D eigenvalue weighted by atomic mass is 9.97. The van der Waals surface area contributed by atoms with Crippen molar-refractivity contribution in [1.82, 2.24) is 14.5 Å². The second-order valence-electron chi connectivity index (χ2n) is 12.1. The molecule has 0 aliphatic carbocycles. The van der Waals surface area contributed by atoms with Gasteiger partial charge in [0.2, 0.25) is 5.91 Å². The summed E-state index contributed by atoms with van der Waals surface area (Å²) in [6, 6.07) is 24.8. The Kier molecular flexibility index (Phi) is 11.7. The molecule has 0 aliphatic rings. The topological polar surface area (TPSA) is 134 Å². The number of nitrogens with zero attached hydrogens (tertiary/aromatic N) is 3. The summed E-state index contributed by atoms with van der Waals surface area (Å²) in [5.41, 5.74) is 5.17. The fraction of sp³-hybridized carbons (Fsp3) is 0.231. The lowest BCUT2D eigenvalue weighted by Gasteiger charge is -2.14. The van der Waals surface area contributed by atoms with E-state index < -0.39 is 21.7 Å². The number of unbranched alkanes of at least 4 members (excludes halogenated alkanes) is 1. The number of aryl methyl sites for hydroxylation is 2. The average Bonchev–Trinajstić information content (AvgIpc) is 3.44. The molecule has 51 heavy (non-hydrogen) atoms. The number of benzene rings is 4. The number of carbonyl (C=O) groups is 2. The molecule has 5 aromatic rings. The van der Waals surface area contributed by atoms with E-state index in [2.05, 4.69) is 18.3 Å². The van der Waals surface area contributed by atoms with Crippen LogP contribution in [0.1, 0.15) is 78.5 Å². The van der Waals surface area contributed by atoms with Gasteiger partial charge in [0.15, 0.2) is 0 Å². The Morgan fingerprint density at radius 3 is 2.33 bits per heavy atom. The van der Waals surface area contributed by atoms with E-state index in [0.29, 0.717) is 52.5 Å². The molecule has 0 radical (unpaired) electrons. The first-order chi connectivity index (χ1) is 24.4. The van der Waals surface area contributed by atoms with Crippen molar-refractivity contribution in [1.29, 1.82) is 5.26 Å². The van der Waals surface area contributed by atoms with Crippen LogP contribution < -0.4 is 10.0 Å². The van der Waals surface area contributed by atoms with Gasteiger partial charge in [-0.25, -0.2) is 22.2 Å². The van der Waals surface area contributed by atoms with Gasteiger partial charge in [-0.05, 0) is 78.4 Å². The first-order valence-corrected chi connectivity index (χ1v) is 18.4. The van der Waals surface area contributed by atoms with Gasteiger partial charge in [0.1, 0.15) is 17.6 Å². The number of sulfonamides is 1. The lowest BCUT2D eigenvalue weighted by molar-refractivity contribution is -0.114. The summed E-state index contributed by atoms with van der Waals surface area (Å²) in [6.07, 6.45) is 4.33. The minimum atomic E-state index is -4.40. The van der Waals surface area contributed by atoms with Crippen LogP contribution >= 0.6 is 11.6 Å². The number of nitrogens with one attached hydrogen (secondary N) is 2. The van der Waals surface area contributed by atoms with E-state index in [1.165, 1.54) is 35.9 Å². The van der Waals surface area contributed by atoms with Gasteiger partial charge in [0, 0.05) is 30.2 Å². The zero-order chi connectivity index (χ0) is 36.7. The fourth-order valence-electron chi connectivity index (χ4n) is 5.84. The van der Waals surface area contributed by atoms with Crippen LogP contribution in [0, 0.1) is 17.1 Å². The second-order valence-corrected chi connectivity index (χ2v) is 14.2. The molecule has 262 valence electrons. The van der Waals surface area contributed by atoms with Crippen molar-refractivity contribution in [3.05, 3.63) is 129 Å². The summed E-state index contributed by atoms with van der Waals surface area (Å²) >= 11 is 6.57. The summed E-state index contributed by atoms with van der Waals surface area (Å²) < 4.78 is 45.0. The molecule has 0 saturated carbocycles. The van der Waals surface area contributed by atoms with Crippen LogP contribution in [0.2, 0.25) is 5.02 Å². The Hall–Kier alpha value is -5.31. The monoisotopic (exact) mass is 725 g/mol. The van der Waals surface area contributed by atoms with Crippen LogP contribution in [0.3, 0.4) is 0 Å². The van der Waals surface area contributed by atoms with Gasteiger partial charge in [-0.3, -0.25) is 9.59 Å². The van der Waals surface area contributed by atoms with Crippen molar-refractivity contribution in [2.24, 2.45) is 0 Å². The number of aromatic nitrogens is 2. The summed E-state index contributed by atoms with van der Waals surface area (Å²) in [7, 11) is -4.40. The molecule has 1 heterocycles. The summed E-state index contributed by atoms with van der Waals surface area (Å²) in [6.45, 7) is 5.50. The number of amides is 2. The Bertz CT molecular complexity index is 2240. The minimum Gasteiger partial charge on any atom is -0.326 e. The molecular weight excluding hydrogens is 689 g/mol. The number of rotatable bonds is 13. The highest BCUT2D eigenvalue weighted by atomic mass is 35.5. The van der Waals surface area contributed by atoms with Gasteiger partial charge in [0.25, 0.3) is 15.9 Å². The quantitative estimate of drug-likeness (QED) is 0.126. The molecule has 2 N–H and O–H groups in total. The lowest BCUT2D eigenvalue weighted by Crippen LogP contribution is -2.31. The SMILES string of the molecule is CCCCc1nn(-c2cc(NC(C)=O)ccc2Cl)c(C#N)c1Cc1ccc(-c2cc(CCC)ccc2S(=O)(=O)NC(=O)c2ccccc2F)cc1. The highest BCUT2D eigenvalue weighted by Crippen LogP contribution is 2.32. The van der Waals surface area contributed by atoms with Gasteiger partial charge in [-0.1, -0.05) is 80.8 Å². The maximum atomic E-state index is 14.3. The predicted molar refractivity (Wildman–Crippen MR) is 196 cm³/mol. The Labute approximate surface area is 302 Å². The molecule has 12 heteroatoms. The van der Waals surface area contributed by atoms with Gasteiger partial charge in [0.05, 0.1) is 26.9 Å². The van der Waals surface area contributed by atoms with E-state index in [-0.39, 0.29) is 16.4 Å². The van der Waals surface area contributed by atoms with Crippen LogP contribution in [-0.4, -0.2) is 30.0 Å². The van der Waals surface area contributed by atoms with Crippen molar-refractivity contribution in [3.63, 3.8) is 0 Å². The van der Waals surface area contributed by atoms with Crippen molar-refractivity contribution in [2.75, 3.05) is 5.32 Å². The number of hydrogen-bond donors (Lipinski definition) is 2. The largest absolute Gasteiger partial charge is 0.326 e. The van der Waals surface area contributed by atoms with Crippen LogP contribution in [0.25, 0.3) is 16.8 Å². The zero-order valence-corrected chi connectivity index (χ0v) is 30.0. The van der Waals surface area contributed by atoms with Gasteiger partial charge >= 0.3 is 0 Å². The number of nitriles is 1. The van der Waals surface area contributed by atoms with Gasteiger partial charge in [-0.2, -0.15) is 10.4 Å². The molecule has 5 rings (SSSR count). The van der Waals surface area contributed by atoms with Crippen LogP contribution in [0.5, 0.6) is 0 Å². The smallest absolute Gasteiger partial charge is 0.267 e. The van der Waals surface area contributed by atoms with Crippen molar-refractivity contribution < 1.29 is 22.4 Å². The molecule has 0 fully saturated rings. The summed E-state index contributed by atoms with van der Waals surface area (Å²) in [5.74, 6) is -2.14. The third-order valence-corrected chi connectivity index (χ3v) is 10.0. The van der Waals surface area contributed by atoms with E-state index in [9.17, 15) is 27.7 Å². The summed E-state index contributed by atoms with van der Waals surface area (Å²) in [5, 5.41) is 18.3. The molecule has 4 aromatic carbocycles. The van der Waals surface area contributed by atoms with E-state index in [1.807, 2.05) is 23.8 Å². The molecule has 9 nitrogen and oxygen atoms in total. The third-order valence-electron chi connectivity index (χ3n) is 8.30. The van der Waals surface area contributed by atoms with Gasteiger partial charge < -0.3 is 5.32 Å². The third kappa shape index (κ3) is 8.53. The highest BCUT2D eigenvalue weighted by molar-refractivity contribution is 7.90. The number of carbonyl (C=O) groups excluding carboxylic acids is 2. The molecule has 0 saturated heterocycles. The molecule has 0 spiro atoms. The fourth-order valence-corrected chi connectivity index (χ4v) is 7.21. The second kappa shape index (κ2) is 16.1. The first kappa shape index (κ1) is 37.0. The van der Waals surface area contributed by atoms with Crippen molar-refractivity contribution in [3.8, 4) is 22.9 Å². The minimum absolute atomic E-state index is 0.118. The zero-order valence-electron chi connectivity index (χ0n) is 28.5. The first-order valence-electron chi connectivity index (χ1n) is 16.6. The molecule has 2 amide bonds. The van der Waals surface area contributed by atoms with Crippen molar-refractivity contribution in [2.45, 2.75) is 64.2 Å². The van der Waals surface area contributed by atoms with Crippen molar-refractivity contribution >= 4 is 39.1 Å². The number of hydrogen-bond acceptors (Lipinski definition) is 6. The van der Waals surface area contributed by atoms with E-state index >= 15 is 0 Å². The van der Waals surface area contributed by atoms with Crippen LogP contribution in [0.4, 0.5) is 10.1 Å². The highest BCUT2D eigenvalue weighted by Gasteiger charge is 2.25. The molecule has 0 atom stereocenters. The van der Waals surface area contributed by atoms with E-state index in [4.69, 9.17) is 16.7 Å². The van der Waals surface area contributed by atoms with Crippen LogP contribution in [-0.2, 0) is 34.1 Å². The standard InChI is InChI=1S/C39H37ClFN5O4S/c1-4-6-12-35-32(37(24-42)46(44-35)36-23-29(43-25(3)47)18-19-33(36)40)22-27-13-16-28(17-14-27)31-21-26(9-5-2)15-20-38(31)51(49,50)45-39(48)30-10-7-8-11-34(30)41/h7-8,10-11,13-21,23H,4-6,9,12,22H2,1-3H3,(H,43,47)(H,45,48). The molecule has 0 bridgehead atoms. The molecule has 0 aliphatic heterocycles. The predicted octanol–water partition coefficient (Wildman–Crippen LogP) is 8.17. The Morgan fingerprint density at radius 1 is 0.941 bits per heavy atom. The van der Waals surface area contributed by atoms with Crippen LogP contribution in [0.15, 0.2) is 89.8 Å². The van der Waals surface area contributed by atoms with E-state index in [1.54, 1.807) is 42.5 Å². The Balaban J connectivity index is 1.51. The maximum Gasteiger partial charge on any atom is 0.267 e. The molecule has 0 unspecified atom stereocenters. The van der Waals surface area contributed by atoms with Gasteiger partial charge in [-0.15, -0.1) is 0 Å². The number of halogens is 2. The molecule has 1 aromatic heterocycles. The number of anilines is 1. The molecular formula is C39H37ClFN5O4S. The Morgan fingerprint density at radius 2 is 1.67 bits per heavy atom. The summed E-state index contributed by atoms with van der Waals surface area (Å²) in [4.78, 5) is 24.4. The maximum absolute atomic E-state index is 14.3. The average molecular weight is 726 g/mol. The normalized spacial score (nSPS) is 11.2. The van der Waals surface area contributed by atoms with E-state index in [0.717, 1.165) is 47.7 Å².